The molecule has 0 spiro atoms. The third-order valence-corrected chi connectivity index (χ3v) is 5.90. The highest BCUT2D eigenvalue weighted by atomic mass is 16.6. The van der Waals surface area contributed by atoms with Crippen molar-refractivity contribution in [1.82, 2.24) is 0 Å². The number of ether oxygens (including phenoxy) is 3. The summed E-state index contributed by atoms with van der Waals surface area (Å²) in [5.74, 6) is -4.16. The van der Waals surface area contributed by atoms with Crippen LogP contribution in [-0.4, -0.2) is 53.9 Å². The van der Waals surface area contributed by atoms with Crippen molar-refractivity contribution in [2.45, 2.75) is 98.8 Å². The van der Waals surface area contributed by atoms with E-state index in [0.29, 0.717) is 6.42 Å². The van der Waals surface area contributed by atoms with E-state index < -0.39 is 30.5 Å². The zero-order valence-corrected chi connectivity index (χ0v) is 24.2. The summed E-state index contributed by atoms with van der Waals surface area (Å²) in [4.78, 5) is 48.8. The Balaban J connectivity index is 5.61. The summed E-state index contributed by atoms with van der Waals surface area (Å²) in [6.45, 7) is 10.6. The highest BCUT2D eigenvalue weighted by molar-refractivity contribution is 6.02. The number of aliphatic carboxylic acids is 1. The Hall–Kier alpha value is -3.20. The zero-order chi connectivity index (χ0) is 29.8. The van der Waals surface area contributed by atoms with E-state index in [1.54, 1.807) is 0 Å². The predicted octanol–water partition coefficient (Wildman–Crippen LogP) is 5.73. The minimum absolute atomic E-state index is 0.00557. The van der Waals surface area contributed by atoms with Crippen LogP contribution in [0.1, 0.15) is 98.8 Å². The van der Waals surface area contributed by atoms with Gasteiger partial charge in [-0.1, -0.05) is 71.3 Å². The van der Waals surface area contributed by atoms with Crippen LogP contribution in [0.4, 0.5) is 0 Å². The fourth-order valence-electron chi connectivity index (χ4n) is 3.47. The summed E-state index contributed by atoms with van der Waals surface area (Å²) in [6.07, 6.45) is 12.5. The van der Waals surface area contributed by atoms with E-state index >= 15 is 0 Å². The number of aliphatic hydroxyl groups is 1. The van der Waals surface area contributed by atoms with E-state index in [1.165, 1.54) is 66.2 Å². The number of carboxylic acids is 1. The Morgan fingerprint density at radius 3 is 1.74 bits per heavy atom. The van der Waals surface area contributed by atoms with Crippen molar-refractivity contribution in [2.75, 3.05) is 19.8 Å². The van der Waals surface area contributed by atoms with Gasteiger partial charge in [-0.05, 0) is 40.2 Å². The molecule has 0 unspecified atom stereocenters. The Kier molecular flexibility index (Phi) is 19.0. The summed E-state index contributed by atoms with van der Waals surface area (Å²) in [6, 6.07) is 0. The van der Waals surface area contributed by atoms with Crippen LogP contribution in [0.25, 0.3) is 0 Å². The van der Waals surface area contributed by atoms with Crippen molar-refractivity contribution in [3.8, 4) is 0 Å². The number of carbonyl (C=O) groups is 4. The Bertz CT molecular complexity index is 938. The Labute approximate surface area is 232 Å². The molecule has 0 fully saturated rings. The average Bonchev–Trinajstić information content (AvgIpc) is 2.89. The van der Waals surface area contributed by atoms with Gasteiger partial charge in [0.2, 0.25) is 0 Å². The predicted molar refractivity (Wildman–Crippen MR) is 149 cm³/mol. The maximum atomic E-state index is 12.8. The highest BCUT2D eigenvalue weighted by Crippen LogP contribution is 2.25. The molecule has 0 aliphatic carbocycles. The number of esters is 3. The van der Waals surface area contributed by atoms with Crippen LogP contribution in [-0.2, 0) is 33.4 Å². The first-order valence-electron chi connectivity index (χ1n) is 13.6. The molecule has 9 heteroatoms. The first-order valence-corrected chi connectivity index (χ1v) is 13.6. The van der Waals surface area contributed by atoms with Gasteiger partial charge in [0.25, 0.3) is 0 Å². The number of carbonyl (C=O) groups excluding carboxylic acids is 3. The van der Waals surface area contributed by atoms with Crippen LogP contribution in [0, 0.1) is 0 Å². The van der Waals surface area contributed by atoms with Crippen molar-refractivity contribution < 1.29 is 43.6 Å². The van der Waals surface area contributed by atoms with Crippen molar-refractivity contribution >= 4 is 23.9 Å². The molecule has 0 saturated carbocycles. The number of aliphatic hydroxyl groups excluding tert-OH is 1. The normalized spacial score (nSPS) is 12.7. The highest BCUT2D eigenvalue weighted by Gasteiger charge is 2.24. The van der Waals surface area contributed by atoms with Gasteiger partial charge in [-0.15, -0.1) is 0 Å². The second-order valence-electron chi connectivity index (χ2n) is 9.47. The van der Waals surface area contributed by atoms with Crippen LogP contribution in [0.2, 0.25) is 0 Å². The molecule has 220 valence electrons. The van der Waals surface area contributed by atoms with Crippen molar-refractivity contribution in [3.63, 3.8) is 0 Å². The first-order chi connectivity index (χ1) is 18.5. The van der Waals surface area contributed by atoms with Gasteiger partial charge in [0.05, 0.1) is 18.8 Å². The van der Waals surface area contributed by atoms with Crippen molar-refractivity contribution in [2.24, 2.45) is 0 Å². The van der Waals surface area contributed by atoms with E-state index in [1.807, 2.05) is 0 Å². The number of hydrogen-bond acceptors (Lipinski definition) is 8. The molecule has 0 aromatic heterocycles. The lowest BCUT2D eigenvalue weighted by Gasteiger charge is -2.17. The van der Waals surface area contributed by atoms with E-state index in [4.69, 9.17) is 14.2 Å². The summed E-state index contributed by atoms with van der Waals surface area (Å²) >= 11 is 0. The van der Waals surface area contributed by atoms with Crippen LogP contribution in [0.5, 0.6) is 0 Å². The lowest BCUT2D eigenvalue weighted by molar-refractivity contribution is -0.154. The number of carboxylic acid groups (broad SMARTS) is 1. The van der Waals surface area contributed by atoms with Gasteiger partial charge < -0.3 is 24.4 Å². The molecule has 0 aliphatic rings. The molecule has 0 bridgehead atoms. The zero-order valence-electron chi connectivity index (χ0n) is 24.2. The molecule has 0 aromatic carbocycles. The van der Waals surface area contributed by atoms with Gasteiger partial charge in [0.15, 0.2) is 0 Å². The number of rotatable bonds is 20. The topological polar surface area (TPSA) is 136 Å². The van der Waals surface area contributed by atoms with Crippen molar-refractivity contribution in [1.29, 1.82) is 0 Å². The summed E-state index contributed by atoms with van der Waals surface area (Å²) < 4.78 is 15.7. The van der Waals surface area contributed by atoms with Crippen LogP contribution in [0.3, 0.4) is 0 Å². The summed E-state index contributed by atoms with van der Waals surface area (Å²) in [7, 11) is 0. The maximum Gasteiger partial charge on any atom is 0.342 e. The Morgan fingerprint density at radius 1 is 0.718 bits per heavy atom. The lowest BCUT2D eigenvalue weighted by Crippen LogP contribution is -2.18. The monoisotopic (exact) mass is 550 g/mol. The van der Waals surface area contributed by atoms with Gasteiger partial charge in [-0.3, -0.25) is 0 Å². The summed E-state index contributed by atoms with van der Waals surface area (Å²) in [5, 5.41) is 18.7. The molecule has 0 rings (SSSR count). The SMILES string of the molecule is C=C(C)C(=O)OC(=O)C(C)=C(C=C(C)C(=O)O)C(OCCO)=C(C)C(=O)OCCCCCCCCCCCC. The van der Waals surface area contributed by atoms with Gasteiger partial charge in [0, 0.05) is 22.3 Å². The molecule has 39 heavy (non-hydrogen) atoms. The molecule has 0 saturated heterocycles. The quantitative estimate of drug-likeness (QED) is 0.0486. The summed E-state index contributed by atoms with van der Waals surface area (Å²) in [5.41, 5.74) is -0.469. The van der Waals surface area contributed by atoms with E-state index in [2.05, 4.69) is 13.5 Å². The standard InChI is InChI=1S/C30H46O9/c1-7-8-9-10-11-12-13-14-15-16-18-38-29(35)24(6)26(37-19-17-31)25(20-22(4)27(32)33)23(5)30(36)39-28(34)21(2)3/h20,31H,2,7-19H2,1,3-6H3,(H,32,33). The van der Waals surface area contributed by atoms with Gasteiger partial charge >= 0.3 is 23.9 Å². The molecule has 9 nitrogen and oxygen atoms in total. The molecule has 0 atom stereocenters. The number of allylic oxidation sites excluding steroid dienone is 1. The second-order valence-corrected chi connectivity index (χ2v) is 9.47. The van der Waals surface area contributed by atoms with Gasteiger partial charge in [-0.2, -0.15) is 0 Å². The largest absolute Gasteiger partial charge is 0.490 e. The van der Waals surface area contributed by atoms with Crippen LogP contribution >= 0.6 is 0 Å². The van der Waals surface area contributed by atoms with Crippen LogP contribution in [0.15, 0.2) is 46.3 Å². The molecule has 0 aromatic rings. The number of unbranched alkanes of at least 4 members (excludes halogenated alkanes) is 9. The second kappa shape index (κ2) is 20.7. The minimum atomic E-state index is -1.27. The third kappa shape index (κ3) is 15.1. The van der Waals surface area contributed by atoms with Gasteiger partial charge in [-0.25, -0.2) is 19.2 Å². The molecular weight excluding hydrogens is 504 g/mol. The Morgan fingerprint density at radius 2 is 1.26 bits per heavy atom. The lowest BCUT2D eigenvalue weighted by atomic mass is 10.0. The molecular formula is C30H46O9. The van der Waals surface area contributed by atoms with Crippen LogP contribution < -0.4 is 0 Å². The molecule has 0 aliphatic heterocycles. The fourth-order valence-corrected chi connectivity index (χ4v) is 3.47. The molecule has 0 radical (unpaired) electrons. The average molecular weight is 551 g/mol. The molecule has 0 heterocycles. The van der Waals surface area contributed by atoms with E-state index in [9.17, 15) is 29.4 Å². The molecule has 2 N–H and O–H groups in total. The maximum absolute atomic E-state index is 12.8. The smallest absolute Gasteiger partial charge is 0.342 e. The molecule has 0 amide bonds. The minimum Gasteiger partial charge on any atom is -0.490 e. The fraction of sp³-hybridized carbons (Fsp3) is 0.600. The first kappa shape index (κ1) is 35.8. The third-order valence-electron chi connectivity index (χ3n) is 5.90. The van der Waals surface area contributed by atoms with Gasteiger partial charge in [0.1, 0.15) is 12.4 Å². The van der Waals surface area contributed by atoms with E-state index in [0.717, 1.165) is 25.3 Å². The number of hydrogen-bond donors (Lipinski definition) is 2. The van der Waals surface area contributed by atoms with Crippen molar-refractivity contribution in [3.05, 3.63) is 46.3 Å². The van der Waals surface area contributed by atoms with E-state index in [-0.39, 0.29) is 46.8 Å².